The Morgan fingerprint density at radius 1 is 1.12 bits per heavy atom. The van der Waals surface area contributed by atoms with Gasteiger partial charge < -0.3 is 9.73 Å². The number of hydrogen-bond acceptors (Lipinski definition) is 4. The van der Waals surface area contributed by atoms with Crippen LogP contribution >= 0.6 is 0 Å². The van der Waals surface area contributed by atoms with Gasteiger partial charge in [0.2, 0.25) is 17.7 Å². The maximum Gasteiger partial charge on any atom is 0.247 e. The molecule has 0 radical (unpaired) electrons. The molecule has 8 heteroatoms. The third-order valence-corrected chi connectivity index (χ3v) is 3.61. The number of carbonyl (C=O) groups excluding carboxylic acids is 1. The molecule has 1 amide bonds. The minimum absolute atomic E-state index is 0.0894. The molecule has 0 aliphatic heterocycles. The normalized spacial score (nSPS) is 10.8. The molecule has 26 heavy (non-hydrogen) atoms. The molecule has 0 atom stereocenters. The first-order valence-corrected chi connectivity index (χ1v) is 7.77. The fourth-order valence-corrected chi connectivity index (χ4v) is 2.30. The van der Waals surface area contributed by atoms with Crippen LogP contribution in [0.15, 0.2) is 40.8 Å². The topological polar surface area (TPSA) is 68.0 Å². The molecular formula is C18H14F3N3O2. The maximum atomic E-state index is 13.5. The van der Waals surface area contributed by atoms with Crippen LogP contribution in [0.5, 0.6) is 0 Å². The average molecular weight is 361 g/mol. The summed E-state index contributed by atoms with van der Waals surface area (Å²) < 4.78 is 45.1. The number of anilines is 1. The lowest BCUT2D eigenvalue weighted by Crippen LogP contribution is -2.14. The van der Waals surface area contributed by atoms with E-state index in [2.05, 4.69) is 15.5 Å². The Kier molecular flexibility index (Phi) is 5.01. The highest BCUT2D eigenvalue weighted by atomic mass is 19.2. The Morgan fingerprint density at radius 3 is 2.69 bits per heavy atom. The lowest BCUT2D eigenvalue weighted by molar-refractivity contribution is -0.116. The predicted octanol–water partition coefficient (Wildman–Crippen LogP) is 4.03. The molecule has 0 bridgehead atoms. The third-order valence-electron chi connectivity index (χ3n) is 3.61. The number of hydrogen-bond donors (Lipinski definition) is 1. The van der Waals surface area contributed by atoms with E-state index < -0.39 is 29.0 Å². The van der Waals surface area contributed by atoms with Gasteiger partial charge in [-0.25, -0.2) is 13.2 Å². The molecule has 0 aliphatic carbocycles. The summed E-state index contributed by atoms with van der Waals surface area (Å²) in [6.45, 7) is 1.93. The van der Waals surface area contributed by atoms with Crippen LogP contribution in [0.4, 0.5) is 18.9 Å². The van der Waals surface area contributed by atoms with Crippen molar-refractivity contribution in [3.8, 4) is 11.5 Å². The van der Waals surface area contributed by atoms with Crippen molar-refractivity contribution in [2.75, 3.05) is 5.32 Å². The fourth-order valence-electron chi connectivity index (χ4n) is 2.30. The van der Waals surface area contributed by atoms with Crippen molar-refractivity contribution >= 4 is 11.6 Å². The van der Waals surface area contributed by atoms with Crippen molar-refractivity contribution in [2.24, 2.45) is 0 Å². The smallest absolute Gasteiger partial charge is 0.247 e. The summed E-state index contributed by atoms with van der Waals surface area (Å²) in [6, 6.07) is 9.19. The number of rotatable bonds is 5. The average Bonchev–Trinajstić information content (AvgIpc) is 3.10. The van der Waals surface area contributed by atoms with E-state index >= 15 is 0 Å². The van der Waals surface area contributed by atoms with Gasteiger partial charge in [0.1, 0.15) is 0 Å². The molecule has 0 unspecified atom stereocenters. The standard InChI is InChI=1S/C18H14F3N3O2/c1-10-3-2-4-11(9-10)18-24-23-15(26-18)8-7-14(25)22-13-6-5-12(19)16(20)17(13)21/h2-6,9H,7-8H2,1H3,(H,22,25). The molecule has 0 aliphatic rings. The van der Waals surface area contributed by atoms with Crippen LogP contribution in [0, 0.1) is 24.4 Å². The van der Waals surface area contributed by atoms with Crippen LogP contribution in [0.25, 0.3) is 11.5 Å². The largest absolute Gasteiger partial charge is 0.421 e. The summed E-state index contributed by atoms with van der Waals surface area (Å²) in [4.78, 5) is 11.9. The highest BCUT2D eigenvalue weighted by Crippen LogP contribution is 2.21. The van der Waals surface area contributed by atoms with Crippen molar-refractivity contribution in [3.63, 3.8) is 0 Å². The summed E-state index contributed by atoms with van der Waals surface area (Å²) in [6.07, 6.45) is 0.0316. The molecule has 3 rings (SSSR count). The molecule has 1 heterocycles. The molecule has 0 saturated carbocycles. The van der Waals surface area contributed by atoms with Gasteiger partial charge in [0, 0.05) is 18.4 Å². The van der Waals surface area contributed by atoms with Gasteiger partial charge in [-0.3, -0.25) is 4.79 Å². The van der Waals surface area contributed by atoms with Crippen LogP contribution in [-0.4, -0.2) is 16.1 Å². The zero-order chi connectivity index (χ0) is 18.7. The second-order valence-corrected chi connectivity index (χ2v) is 5.64. The number of benzene rings is 2. The Balaban J connectivity index is 1.61. The fraction of sp³-hybridized carbons (Fsp3) is 0.167. The number of carbonyl (C=O) groups is 1. The third kappa shape index (κ3) is 3.90. The number of nitrogens with zero attached hydrogens (tertiary/aromatic N) is 2. The van der Waals surface area contributed by atoms with Gasteiger partial charge in [-0.1, -0.05) is 17.7 Å². The number of aryl methyl sites for hydroxylation is 2. The van der Waals surface area contributed by atoms with Crippen LogP contribution in [0.2, 0.25) is 0 Å². The predicted molar refractivity (Wildman–Crippen MR) is 87.7 cm³/mol. The second kappa shape index (κ2) is 7.38. The van der Waals surface area contributed by atoms with Crippen molar-refractivity contribution in [2.45, 2.75) is 19.8 Å². The van der Waals surface area contributed by atoms with Crippen molar-refractivity contribution < 1.29 is 22.4 Å². The Morgan fingerprint density at radius 2 is 1.92 bits per heavy atom. The van der Waals surface area contributed by atoms with E-state index in [4.69, 9.17) is 4.42 Å². The molecule has 5 nitrogen and oxygen atoms in total. The first-order valence-electron chi connectivity index (χ1n) is 7.77. The van der Waals surface area contributed by atoms with E-state index in [1.54, 1.807) is 0 Å². The maximum absolute atomic E-state index is 13.5. The van der Waals surface area contributed by atoms with Gasteiger partial charge in [0.05, 0.1) is 5.69 Å². The van der Waals surface area contributed by atoms with Gasteiger partial charge in [-0.2, -0.15) is 0 Å². The Labute approximate surface area is 146 Å². The van der Waals surface area contributed by atoms with E-state index in [0.717, 1.165) is 23.3 Å². The molecule has 3 aromatic rings. The molecule has 2 aromatic carbocycles. The number of nitrogens with one attached hydrogen (secondary N) is 1. The second-order valence-electron chi connectivity index (χ2n) is 5.64. The van der Waals surface area contributed by atoms with Crippen LogP contribution in [0.3, 0.4) is 0 Å². The van der Waals surface area contributed by atoms with E-state index in [1.165, 1.54) is 0 Å². The molecule has 0 saturated heterocycles. The molecule has 1 N–H and O–H groups in total. The molecular weight excluding hydrogens is 347 g/mol. The zero-order valence-electron chi connectivity index (χ0n) is 13.7. The monoisotopic (exact) mass is 361 g/mol. The highest BCUT2D eigenvalue weighted by molar-refractivity contribution is 5.90. The SMILES string of the molecule is Cc1cccc(-c2nnc(CCC(=O)Nc3ccc(F)c(F)c3F)o2)c1. The van der Waals surface area contributed by atoms with Gasteiger partial charge in [-0.15, -0.1) is 10.2 Å². The zero-order valence-corrected chi connectivity index (χ0v) is 13.7. The van der Waals surface area contributed by atoms with Gasteiger partial charge >= 0.3 is 0 Å². The molecule has 0 spiro atoms. The number of aromatic nitrogens is 2. The molecule has 1 aromatic heterocycles. The van der Waals surface area contributed by atoms with Crippen LogP contribution in [0.1, 0.15) is 17.9 Å². The van der Waals surface area contributed by atoms with E-state index in [-0.39, 0.29) is 18.7 Å². The first kappa shape index (κ1) is 17.7. The highest BCUT2D eigenvalue weighted by Gasteiger charge is 2.16. The van der Waals surface area contributed by atoms with Gasteiger partial charge in [0.15, 0.2) is 17.5 Å². The van der Waals surface area contributed by atoms with E-state index in [9.17, 15) is 18.0 Å². The number of amides is 1. The molecule has 0 fully saturated rings. The van der Waals surface area contributed by atoms with Gasteiger partial charge in [-0.05, 0) is 31.2 Å². The summed E-state index contributed by atoms with van der Waals surface area (Å²) in [5.74, 6) is -4.43. The van der Waals surface area contributed by atoms with E-state index in [0.29, 0.717) is 5.89 Å². The summed E-state index contributed by atoms with van der Waals surface area (Å²) in [5.41, 5.74) is 1.37. The quantitative estimate of drug-likeness (QED) is 0.697. The Hall–Kier alpha value is -3.16. The van der Waals surface area contributed by atoms with Crippen molar-refractivity contribution in [1.82, 2.24) is 10.2 Å². The minimum Gasteiger partial charge on any atom is -0.421 e. The van der Waals surface area contributed by atoms with Crippen LogP contribution in [-0.2, 0) is 11.2 Å². The Bertz CT molecular complexity index is 957. The summed E-state index contributed by atoms with van der Waals surface area (Å²) in [7, 11) is 0. The first-order chi connectivity index (χ1) is 12.4. The lowest BCUT2D eigenvalue weighted by atomic mass is 10.1. The lowest BCUT2D eigenvalue weighted by Gasteiger charge is -2.06. The minimum atomic E-state index is -1.64. The number of halogens is 3. The summed E-state index contributed by atoms with van der Waals surface area (Å²) in [5, 5.41) is 9.97. The van der Waals surface area contributed by atoms with Crippen molar-refractivity contribution in [1.29, 1.82) is 0 Å². The van der Waals surface area contributed by atoms with Gasteiger partial charge in [0.25, 0.3) is 0 Å². The van der Waals surface area contributed by atoms with Crippen molar-refractivity contribution in [3.05, 3.63) is 65.3 Å². The van der Waals surface area contributed by atoms with E-state index in [1.807, 2.05) is 31.2 Å². The molecule has 134 valence electrons. The summed E-state index contributed by atoms with van der Waals surface area (Å²) >= 11 is 0. The van der Waals surface area contributed by atoms with Crippen LogP contribution < -0.4 is 5.32 Å².